The van der Waals surface area contributed by atoms with Crippen molar-refractivity contribution in [2.24, 2.45) is 5.73 Å². The van der Waals surface area contributed by atoms with Crippen LogP contribution in [0.3, 0.4) is 0 Å². The summed E-state index contributed by atoms with van der Waals surface area (Å²) < 4.78 is 0. The smallest absolute Gasteiger partial charge is 0.0297 e. The van der Waals surface area contributed by atoms with Crippen molar-refractivity contribution in [2.45, 2.75) is 31.7 Å². The molecule has 0 aromatic heterocycles. The Balaban J connectivity index is 0.000000845. The molecule has 1 nitrogen and oxygen atoms in total. The minimum Gasteiger partial charge on any atom is -0.324 e. The molecule has 2 N–H and O–H groups in total. The van der Waals surface area contributed by atoms with Crippen LogP contribution in [0.1, 0.15) is 36.4 Å². The van der Waals surface area contributed by atoms with Gasteiger partial charge < -0.3 is 5.73 Å². The van der Waals surface area contributed by atoms with Gasteiger partial charge in [0.25, 0.3) is 0 Å². The minimum atomic E-state index is 0. The maximum atomic E-state index is 6.05. The second-order valence-electron chi connectivity index (χ2n) is 3.55. The third-order valence-electron chi connectivity index (χ3n) is 2.67. The van der Waals surface area contributed by atoms with Gasteiger partial charge in [0.1, 0.15) is 0 Å². The number of halogens is 1. The van der Waals surface area contributed by atoms with Crippen molar-refractivity contribution in [1.29, 1.82) is 0 Å². The topological polar surface area (TPSA) is 26.0 Å². The number of nitrogens with two attached hydrogens (primary N) is 1. The van der Waals surface area contributed by atoms with Crippen LogP contribution in [-0.2, 0) is 6.42 Å². The molecule has 0 amide bonds. The van der Waals surface area contributed by atoms with Crippen LogP contribution in [-0.4, -0.2) is 0 Å². The number of rotatable bonds is 0. The Bertz CT molecular complexity index is 273. The molecule has 0 aliphatic heterocycles. The number of benzene rings is 1. The fraction of sp³-hybridized carbons (Fsp3) is 0.455. The Morgan fingerprint density at radius 1 is 1.15 bits per heavy atom. The lowest BCUT2D eigenvalue weighted by Crippen LogP contribution is -2.09. The van der Waals surface area contributed by atoms with Crippen molar-refractivity contribution in [3.05, 3.63) is 35.4 Å². The van der Waals surface area contributed by atoms with Gasteiger partial charge in [0.2, 0.25) is 0 Å². The second-order valence-corrected chi connectivity index (χ2v) is 3.55. The normalized spacial score (nSPS) is 21.2. The number of aryl methyl sites for hydroxylation is 1. The highest BCUT2D eigenvalue weighted by molar-refractivity contribution is 5.85. The molecular formula is C11H16ClN. The van der Waals surface area contributed by atoms with Gasteiger partial charge in [-0.25, -0.2) is 0 Å². The Morgan fingerprint density at radius 2 is 1.92 bits per heavy atom. The first kappa shape index (κ1) is 10.6. The molecule has 2 heteroatoms. The molecule has 1 aromatic rings. The lowest BCUT2D eigenvalue weighted by Gasteiger charge is -2.11. The summed E-state index contributed by atoms with van der Waals surface area (Å²) in [5.41, 5.74) is 8.88. The maximum absolute atomic E-state index is 6.05. The third kappa shape index (κ3) is 2.23. The molecule has 0 unspecified atom stereocenters. The molecule has 0 fully saturated rings. The van der Waals surface area contributed by atoms with Crippen LogP contribution in [0, 0.1) is 0 Å². The SMILES string of the molecule is Cl.N[C@H]1CCCCc2ccccc21. The lowest BCUT2D eigenvalue weighted by atomic mass is 10.0. The van der Waals surface area contributed by atoms with E-state index >= 15 is 0 Å². The zero-order chi connectivity index (χ0) is 8.39. The first-order valence-electron chi connectivity index (χ1n) is 4.71. The van der Waals surface area contributed by atoms with Gasteiger partial charge in [0.05, 0.1) is 0 Å². The standard InChI is InChI=1S/C11H15N.ClH/c12-11-8-4-2-6-9-5-1-3-7-10(9)11;/h1,3,5,7,11H,2,4,6,8,12H2;1H/t11-;/m0./s1. The van der Waals surface area contributed by atoms with Gasteiger partial charge >= 0.3 is 0 Å². The van der Waals surface area contributed by atoms with E-state index in [0.29, 0.717) is 0 Å². The van der Waals surface area contributed by atoms with Crippen LogP contribution in [0.15, 0.2) is 24.3 Å². The second kappa shape index (κ2) is 4.64. The zero-order valence-corrected chi connectivity index (χ0v) is 8.52. The molecule has 1 aliphatic rings. The zero-order valence-electron chi connectivity index (χ0n) is 7.70. The summed E-state index contributed by atoms with van der Waals surface area (Å²) in [6.45, 7) is 0. The molecule has 0 spiro atoms. The minimum absolute atomic E-state index is 0. The Morgan fingerprint density at radius 3 is 2.77 bits per heavy atom. The summed E-state index contributed by atoms with van der Waals surface area (Å²) in [5.74, 6) is 0. The van der Waals surface area contributed by atoms with Crippen molar-refractivity contribution in [1.82, 2.24) is 0 Å². The van der Waals surface area contributed by atoms with Gasteiger partial charge in [-0.3, -0.25) is 0 Å². The van der Waals surface area contributed by atoms with Gasteiger partial charge in [-0.1, -0.05) is 30.7 Å². The van der Waals surface area contributed by atoms with E-state index < -0.39 is 0 Å². The van der Waals surface area contributed by atoms with Crippen molar-refractivity contribution < 1.29 is 0 Å². The van der Waals surface area contributed by atoms with Crippen LogP contribution in [0.5, 0.6) is 0 Å². The van der Waals surface area contributed by atoms with E-state index in [0.717, 1.165) is 6.42 Å². The average molecular weight is 198 g/mol. The van der Waals surface area contributed by atoms with Crippen molar-refractivity contribution in [3.8, 4) is 0 Å². The van der Waals surface area contributed by atoms with Gasteiger partial charge in [0, 0.05) is 6.04 Å². The monoisotopic (exact) mass is 197 g/mol. The highest BCUT2D eigenvalue weighted by Gasteiger charge is 2.13. The van der Waals surface area contributed by atoms with Gasteiger partial charge in [-0.2, -0.15) is 0 Å². The third-order valence-corrected chi connectivity index (χ3v) is 2.67. The Kier molecular flexibility index (Phi) is 3.76. The molecule has 1 aromatic carbocycles. The first-order valence-corrected chi connectivity index (χ1v) is 4.71. The summed E-state index contributed by atoms with van der Waals surface area (Å²) in [6, 6.07) is 8.86. The number of hydrogen-bond donors (Lipinski definition) is 1. The van der Waals surface area contributed by atoms with Crippen molar-refractivity contribution >= 4 is 12.4 Å². The molecular weight excluding hydrogens is 182 g/mol. The molecule has 1 atom stereocenters. The number of hydrogen-bond acceptors (Lipinski definition) is 1. The molecule has 1 aliphatic carbocycles. The van der Waals surface area contributed by atoms with Gasteiger partial charge in [-0.15, -0.1) is 12.4 Å². The Hall–Kier alpha value is -0.530. The average Bonchev–Trinajstić information content (AvgIpc) is 2.29. The first-order chi connectivity index (χ1) is 5.88. The Labute approximate surface area is 85.7 Å². The quantitative estimate of drug-likeness (QED) is 0.636. The van der Waals surface area contributed by atoms with E-state index in [9.17, 15) is 0 Å². The molecule has 0 radical (unpaired) electrons. The molecule has 2 rings (SSSR count). The van der Waals surface area contributed by atoms with E-state index in [-0.39, 0.29) is 18.4 Å². The summed E-state index contributed by atoms with van der Waals surface area (Å²) in [6.07, 6.45) is 4.93. The predicted molar refractivity (Wildman–Crippen MR) is 58.2 cm³/mol. The molecule has 13 heavy (non-hydrogen) atoms. The van der Waals surface area contributed by atoms with Crippen LogP contribution < -0.4 is 5.73 Å². The van der Waals surface area contributed by atoms with Crippen LogP contribution in [0.25, 0.3) is 0 Å². The molecule has 0 bridgehead atoms. The molecule has 0 saturated heterocycles. The van der Waals surface area contributed by atoms with E-state index in [1.54, 1.807) is 0 Å². The van der Waals surface area contributed by atoms with Crippen LogP contribution in [0.4, 0.5) is 0 Å². The van der Waals surface area contributed by atoms with Crippen LogP contribution >= 0.6 is 12.4 Å². The number of fused-ring (bicyclic) bond motifs is 1. The summed E-state index contributed by atoms with van der Waals surface area (Å²) >= 11 is 0. The summed E-state index contributed by atoms with van der Waals surface area (Å²) in [7, 11) is 0. The molecule has 72 valence electrons. The van der Waals surface area contributed by atoms with Crippen molar-refractivity contribution in [2.75, 3.05) is 0 Å². The van der Waals surface area contributed by atoms with Gasteiger partial charge in [-0.05, 0) is 30.4 Å². The largest absolute Gasteiger partial charge is 0.324 e. The maximum Gasteiger partial charge on any atom is 0.0297 e. The van der Waals surface area contributed by atoms with Gasteiger partial charge in [0.15, 0.2) is 0 Å². The summed E-state index contributed by atoms with van der Waals surface area (Å²) in [4.78, 5) is 0. The molecule has 0 heterocycles. The van der Waals surface area contributed by atoms with Crippen LogP contribution in [0.2, 0.25) is 0 Å². The predicted octanol–water partition coefficient (Wildman–Crippen LogP) is 2.83. The van der Waals surface area contributed by atoms with E-state index in [4.69, 9.17) is 5.73 Å². The molecule has 0 saturated carbocycles. The fourth-order valence-corrected chi connectivity index (χ4v) is 1.96. The highest BCUT2D eigenvalue weighted by atomic mass is 35.5. The fourth-order valence-electron chi connectivity index (χ4n) is 1.96. The summed E-state index contributed by atoms with van der Waals surface area (Å²) in [5, 5.41) is 0. The van der Waals surface area contributed by atoms with E-state index in [1.165, 1.54) is 30.4 Å². The van der Waals surface area contributed by atoms with E-state index in [2.05, 4.69) is 24.3 Å². The lowest BCUT2D eigenvalue weighted by molar-refractivity contribution is 0.615. The van der Waals surface area contributed by atoms with Crippen molar-refractivity contribution in [3.63, 3.8) is 0 Å². The van der Waals surface area contributed by atoms with E-state index in [1.807, 2.05) is 0 Å². The highest BCUT2D eigenvalue weighted by Crippen LogP contribution is 2.26.